The largest absolute Gasteiger partial charge is 0.508 e. The fourth-order valence-corrected chi connectivity index (χ4v) is 3.56. The Hall–Kier alpha value is -1.35. The summed E-state index contributed by atoms with van der Waals surface area (Å²) in [6.07, 6.45) is 7.06. The normalized spacial score (nSPS) is 29.4. The Labute approximate surface area is 127 Å². The molecule has 3 rings (SSSR count). The van der Waals surface area contributed by atoms with Gasteiger partial charge in [-0.1, -0.05) is 18.2 Å². The molecule has 0 aromatic heterocycles. The second-order valence-electron chi connectivity index (χ2n) is 6.42. The van der Waals surface area contributed by atoms with Gasteiger partial charge in [0.1, 0.15) is 5.75 Å². The monoisotopic (exact) mass is 287 g/mol. The van der Waals surface area contributed by atoms with Crippen molar-refractivity contribution in [3.63, 3.8) is 0 Å². The van der Waals surface area contributed by atoms with Gasteiger partial charge in [-0.3, -0.25) is 4.99 Å². The maximum Gasteiger partial charge on any atom is 0.119 e. The predicted molar refractivity (Wildman–Crippen MR) is 85.2 cm³/mol. The minimum Gasteiger partial charge on any atom is -0.508 e. The number of hydrogen-bond donors (Lipinski definition) is 1. The highest BCUT2D eigenvalue weighted by molar-refractivity contribution is 5.83. The SMILES string of the molecule is CC1=N[C@@H](CO[C@H]2CC[C@@H](c3ccccc3O)CC2)CC1. The molecule has 1 N–H and O–H groups in total. The fraction of sp³-hybridized carbons (Fsp3) is 0.611. The van der Waals surface area contributed by atoms with Gasteiger partial charge in [0.2, 0.25) is 0 Å². The van der Waals surface area contributed by atoms with Gasteiger partial charge in [0.05, 0.1) is 18.8 Å². The highest BCUT2D eigenvalue weighted by Crippen LogP contribution is 2.37. The zero-order valence-corrected chi connectivity index (χ0v) is 12.8. The number of phenolic OH excluding ortho intramolecular Hbond substituents is 1. The van der Waals surface area contributed by atoms with Crippen molar-refractivity contribution in [2.24, 2.45) is 4.99 Å². The van der Waals surface area contributed by atoms with E-state index in [1.54, 1.807) is 6.07 Å². The summed E-state index contributed by atoms with van der Waals surface area (Å²) in [6, 6.07) is 8.13. The van der Waals surface area contributed by atoms with Gasteiger partial charge < -0.3 is 9.84 Å². The van der Waals surface area contributed by atoms with E-state index in [0.717, 1.165) is 50.7 Å². The first-order chi connectivity index (χ1) is 10.2. The van der Waals surface area contributed by atoms with E-state index < -0.39 is 0 Å². The van der Waals surface area contributed by atoms with Crippen LogP contribution < -0.4 is 0 Å². The number of phenols is 1. The molecule has 3 heteroatoms. The Bertz CT molecular complexity index is 504. The molecule has 0 radical (unpaired) electrons. The Morgan fingerprint density at radius 1 is 1.14 bits per heavy atom. The third-order valence-corrected chi connectivity index (χ3v) is 4.82. The lowest BCUT2D eigenvalue weighted by atomic mass is 9.82. The summed E-state index contributed by atoms with van der Waals surface area (Å²) in [5, 5.41) is 9.95. The lowest BCUT2D eigenvalue weighted by Crippen LogP contribution is -2.24. The predicted octanol–water partition coefficient (Wildman–Crippen LogP) is 4.06. The molecule has 114 valence electrons. The van der Waals surface area contributed by atoms with E-state index in [1.807, 2.05) is 12.1 Å². The summed E-state index contributed by atoms with van der Waals surface area (Å²) in [5.41, 5.74) is 2.37. The summed E-state index contributed by atoms with van der Waals surface area (Å²) in [7, 11) is 0. The first-order valence-electron chi connectivity index (χ1n) is 8.15. The standard InChI is InChI=1S/C18H25NO2/c1-13-6-9-15(19-13)12-21-16-10-7-14(8-11-16)17-4-2-3-5-18(17)20/h2-5,14-16,20H,6-12H2,1H3/t14-,15-,16+/m1/s1. The van der Waals surface area contributed by atoms with Gasteiger partial charge in [-0.05, 0) is 63.0 Å². The van der Waals surface area contributed by atoms with E-state index in [1.165, 1.54) is 5.71 Å². The van der Waals surface area contributed by atoms with E-state index >= 15 is 0 Å². The third kappa shape index (κ3) is 3.65. The smallest absolute Gasteiger partial charge is 0.119 e. The summed E-state index contributed by atoms with van der Waals surface area (Å²) >= 11 is 0. The minimum atomic E-state index is 0.378. The van der Waals surface area contributed by atoms with Crippen molar-refractivity contribution in [2.75, 3.05) is 6.61 Å². The third-order valence-electron chi connectivity index (χ3n) is 4.82. The Morgan fingerprint density at radius 2 is 1.90 bits per heavy atom. The van der Waals surface area contributed by atoms with E-state index in [-0.39, 0.29) is 0 Å². The van der Waals surface area contributed by atoms with Crippen LogP contribution in [0, 0.1) is 0 Å². The second-order valence-corrected chi connectivity index (χ2v) is 6.42. The summed E-state index contributed by atoms with van der Waals surface area (Å²) in [4.78, 5) is 4.61. The molecule has 21 heavy (non-hydrogen) atoms. The fourth-order valence-electron chi connectivity index (χ4n) is 3.56. The van der Waals surface area contributed by atoms with Crippen LogP contribution in [0.3, 0.4) is 0 Å². The number of benzene rings is 1. The van der Waals surface area contributed by atoms with Crippen LogP contribution in [0.2, 0.25) is 0 Å². The zero-order valence-electron chi connectivity index (χ0n) is 12.8. The first kappa shape index (κ1) is 14.6. The molecule has 0 amide bonds. The van der Waals surface area contributed by atoms with Gasteiger partial charge in [-0.25, -0.2) is 0 Å². The van der Waals surface area contributed by atoms with Crippen LogP contribution in [0.15, 0.2) is 29.3 Å². The number of aliphatic imine (C=N–C) groups is 1. The number of aromatic hydroxyl groups is 1. The van der Waals surface area contributed by atoms with Crippen LogP contribution in [-0.4, -0.2) is 29.6 Å². The van der Waals surface area contributed by atoms with Crippen LogP contribution in [0.1, 0.15) is 56.9 Å². The number of hydrogen-bond acceptors (Lipinski definition) is 3. The molecule has 1 aromatic carbocycles. The van der Waals surface area contributed by atoms with Crippen LogP contribution in [0.5, 0.6) is 5.75 Å². The molecular weight excluding hydrogens is 262 g/mol. The number of ether oxygens (including phenoxy) is 1. The molecule has 1 aromatic rings. The molecule has 1 heterocycles. The number of nitrogens with zero attached hydrogens (tertiary/aromatic N) is 1. The second kappa shape index (κ2) is 6.61. The van der Waals surface area contributed by atoms with Gasteiger partial charge in [-0.15, -0.1) is 0 Å². The van der Waals surface area contributed by atoms with Crippen molar-refractivity contribution in [2.45, 2.75) is 63.5 Å². The molecular formula is C18H25NO2. The van der Waals surface area contributed by atoms with Gasteiger partial charge in [0.25, 0.3) is 0 Å². The van der Waals surface area contributed by atoms with Crippen molar-refractivity contribution in [1.29, 1.82) is 0 Å². The molecule has 2 aliphatic rings. The molecule has 0 unspecified atom stereocenters. The Kier molecular flexibility index (Phi) is 4.59. The van der Waals surface area contributed by atoms with Crippen LogP contribution in [-0.2, 0) is 4.74 Å². The quantitative estimate of drug-likeness (QED) is 0.907. The van der Waals surface area contributed by atoms with E-state index in [4.69, 9.17) is 4.74 Å². The van der Waals surface area contributed by atoms with Crippen molar-refractivity contribution >= 4 is 5.71 Å². The van der Waals surface area contributed by atoms with Gasteiger partial charge >= 0.3 is 0 Å². The number of para-hydroxylation sites is 1. The first-order valence-corrected chi connectivity index (χ1v) is 8.15. The maximum atomic E-state index is 9.95. The van der Waals surface area contributed by atoms with E-state index in [2.05, 4.69) is 18.0 Å². The molecule has 3 nitrogen and oxygen atoms in total. The van der Waals surface area contributed by atoms with Crippen molar-refractivity contribution in [3.05, 3.63) is 29.8 Å². The molecule has 0 saturated heterocycles. The van der Waals surface area contributed by atoms with Crippen molar-refractivity contribution in [1.82, 2.24) is 0 Å². The maximum absolute atomic E-state index is 9.95. The van der Waals surface area contributed by atoms with Gasteiger partial charge in [0, 0.05) is 5.71 Å². The summed E-state index contributed by atoms with van der Waals surface area (Å²) < 4.78 is 6.06. The Morgan fingerprint density at radius 3 is 2.57 bits per heavy atom. The molecule has 1 atom stereocenters. The van der Waals surface area contributed by atoms with Crippen molar-refractivity contribution in [3.8, 4) is 5.75 Å². The lowest BCUT2D eigenvalue weighted by molar-refractivity contribution is 0.0177. The molecule has 1 aliphatic carbocycles. The van der Waals surface area contributed by atoms with Crippen molar-refractivity contribution < 1.29 is 9.84 Å². The minimum absolute atomic E-state index is 0.378. The molecule has 0 bridgehead atoms. The number of rotatable bonds is 4. The Balaban J connectivity index is 1.46. The van der Waals surface area contributed by atoms with Crippen LogP contribution >= 0.6 is 0 Å². The van der Waals surface area contributed by atoms with Crippen LogP contribution in [0.4, 0.5) is 0 Å². The zero-order chi connectivity index (χ0) is 14.7. The molecule has 1 saturated carbocycles. The highest BCUT2D eigenvalue weighted by atomic mass is 16.5. The lowest BCUT2D eigenvalue weighted by Gasteiger charge is -2.29. The summed E-state index contributed by atoms with van der Waals surface area (Å²) in [6.45, 7) is 2.89. The van der Waals surface area contributed by atoms with Gasteiger partial charge in [0.15, 0.2) is 0 Å². The van der Waals surface area contributed by atoms with Gasteiger partial charge in [-0.2, -0.15) is 0 Å². The average Bonchev–Trinajstić information content (AvgIpc) is 2.92. The highest BCUT2D eigenvalue weighted by Gasteiger charge is 2.25. The van der Waals surface area contributed by atoms with E-state index in [0.29, 0.717) is 23.8 Å². The molecule has 0 spiro atoms. The van der Waals surface area contributed by atoms with E-state index in [9.17, 15) is 5.11 Å². The van der Waals surface area contributed by atoms with Crippen LogP contribution in [0.25, 0.3) is 0 Å². The topological polar surface area (TPSA) is 41.8 Å². The average molecular weight is 287 g/mol. The molecule has 1 aliphatic heterocycles. The molecule has 1 fully saturated rings. The summed E-state index contributed by atoms with van der Waals surface area (Å²) in [5.74, 6) is 0.926.